The number of carbonyl (C=O) groups is 1. The highest BCUT2D eigenvalue weighted by Crippen LogP contribution is 2.23. The molecule has 1 aliphatic heterocycles. The minimum absolute atomic E-state index is 0.0389. The Labute approximate surface area is 223 Å². The smallest absolute Gasteiger partial charge is 0.255 e. The molecule has 0 spiro atoms. The first-order valence-corrected chi connectivity index (χ1v) is 13.3. The standard InChI is InChI=1S/C29H36N8O/c1-5-37-19-26-28(34-37)33-27(17-30-26)31-21(3)22-7-6-8-25(16-22)32-29(38)23-9-10-24(20(2)15-23)18-36-13-11-35(4)12-14-36/h6-10,15-17,19,21H,5,11-14,18H2,1-4H3,(H,32,38)(H,31,33,34)/t21-/m0/s1. The molecule has 0 unspecified atom stereocenters. The summed E-state index contributed by atoms with van der Waals surface area (Å²) in [6.07, 6.45) is 3.62. The number of rotatable bonds is 8. The van der Waals surface area contributed by atoms with Crippen LogP contribution in [0.25, 0.3) is 11.2 Å². The van der Waals surface area contributed by atoms with Gasteiger partial charge in [0.05, 0.1) is 18.4 Å². The van der Waals surface area contributed by atoms with Gasteiger partial charge in [0, 0.05) is 50.5 Å². The lowest BCUT2D eigenvalue weighted by Gasteiger charge is -2.32. The van der Waals surface area contributed by atoms with Crippen molar-refractivity contribution in [2.24, 2.45) is 0 Å². The number of aryl methyl sites for hydroxylation is 2. The largest absolute Gasteiger partial charge is 0.362 e. The van der Waals surface area contributed by atoms with E-state index in [9.17, 15) is 4.79 Å². The van der Waals surface area contributed by atoms with Crippen LogP contribution < -0.4 is 10.6 Å². The van der Waals surface area contributed by atoms with Gasteiger partial charge >= 0.3 is 0 Å². The van der Waals surface area contributed by atoms with Gasteiger partial charge in [-0.15, -0.1) is 0 Å². The zero-order chi connectivity index (χ0) is 26.6. The predicted molar refractivity (Wildman–Crippen MR) is 151 cm³/mol. The Morgan fingerprint density at radius 1 is 1.11 bits per heavy atom. The van der Waals surface area contributed by atoms with Crippen LogP contribution in [0, 0.1) is 6.92 Å². The Bertz CT molecular complexity index is 1420. The lowest BCUT2D eigenvalue weighted by atomic mass is 10.0. The average molecular weight is 513 g/mol. The summed E-state index contributed by atoms with van der Waals surface area (Å²) in [4.78, 5) is 27.0. The second-order valence-electron chi connectivity index (χ2n) is 10.1. The molecule has 1 amide bonds. The Morgan fingerprint density at radius 3 is 2.68 bits per heavy atom. The zero-order valence-electron chi connectivity index (χ0n) is 22.6. The zero-order valence-corrected chi connectivity index (χ0v) is 22.6. The van der Waals surface area contributed by atoms with E-state index in [1.807, 2.05) is 54.2 Å². The maximum Gasteiger partial charge on any atom is 0.255 e. The van der Waals surface area contributed by atoms with Gasteiger partial charge in [-0.1, -0.05) is 18.2 Å². The number of carbonyl (C=O) groups excluding carboxylic acids is 1. The molecule has 0 radical (unpaired) electrons. The molecule has 1 fully saturated rings. The Balaban J connectivity index is 1.22. The second kappa shape index (κ2) is 11.3. The van der Waals surface area contributed by atoms with Crippen LogP contribution in [0.5, 0.6) is 0 Å². The van der Waals surface area contributed by atoms with Gasteiger partial charge in [0.25, 0.3) is 5.91 Å². The third-order valence-electron chi connectivity index (χ3n) is 7.20. The summed E-state index contributed by atoms with van der Waals surface area (Å²) in [5.74, 6) is 0.549. The number of benzene rings is 2. The predicted octanol–water partition coefficient (Wildman–Crippen LogP) is 4.33. The Morgan fingerprint density at radius 2 is 1.92 bits per heavy atom. The number of aromatic nitrogens is 4. The molecule has 1 aliphatic rings. The van der Waals surface area contributed by atoms with E-state index in [-0.39, 0.29) is 11.9 Å². The maximum absolute atomic E-state index is 13.1. The minimum Gasteiger partial charge on any atom is -0.362 e. The van der Waals surface area contributed by atoms with E-state index in [1.54, 1.807) is 6.20 Å². The lowest BCUT2D eigenvalue weighted by molar-refractivity contribution is 0.102. The maximum atomic E-state index is 13.1. The third kappa shape index (κ3) is 6.00. The summed E-state index contributed by atoms with van der Waals surface area (Å²) in [6.45, 7) is 12.2. The fourth-order valence-electron chi connectivity index (χ4n) is 4.73. The highest BCUT2D eigenvalue weighted by molar-refractivity contribution is 6.04. The highest BCUT2D eigenvalue weighted by Gasteiger charge is 2.16. The normalized spacial score (nSPS) is 15.5. The summed E-state index contributed by atoms with van der Waals surface area (Å²) < 4.78 is 1.83. The highest BCUT2D eigenvalue weighted by atomic mass is 16.1. The van der Waals surface area contributed by atoms with E-state index in [0.717, 1.165) is 61.6 Å². The topological polar surface area (TPSA) is 91.2 Å². The fourth-order valence-corrected chi connectivity index (χ4v) is 4.73. The Kier molecular flexibility index (Phi) is 7.67. The number of likely N-dealkylation sites (N-methyl/N-ethyl adjacent to an activating group) is 1. The molecule has 5 rings (SSSR count). The quantitative estimate of drug-likeness (QED) is 0.363. The number of amides is 1. The van der Waals surface area contributed by atoms with Crippen LogP contribution in [0.1, 0.15) is 46.9 Å². The first-order valence-electron chi connectivity index (χ1n) is 13.3. The van der Waals surface area contributed by atoms with Crippen molar-refractivity contribution in [3.63, 3.8) is 0 Å². The van der Waals surface area contributed by atoms with Crippen LogP contribution in [0.4, 0.5) is 11.5 Å². The van der Waals surface area contributed by atoms with Crippen molar-refractivity contribution < 1.29 is 4.79 Å². The molecule has 9 nitrogen and oxygen atoms in total. The van der Waals surface area contributed by atoms with Gasteiger partial charge in [-0.05, 0) is 68.8 Å². The number of hydrogen-bond donors (Lipinski definition) is 2. The van der Waals surface area contributed by atoms with Gasteiger partial charge in [-0.25, -0.2) is 9.97 Å². The van der Waals surface area contributed by atoms with Crippen molar-refractivity contribution in [2.75, 3.05) is 43.9 Å². The molecular weight excluding hydrogens is 476 g/mol. The van der Waals surface area contributed by atoms with Crippen LogP contribution in [-0.2, 0) is 13.1 Å². The SMILES string of the molecule is CCn1cc2ncc(N[C@@H](C)c3cccc(NC(=O)c4ccc(CN5CCN(C)CC5)c(C)c4)c3)nc2n1. The molecular formula is C29H36N8O. The van der Waals surface area contributed by atoms with Gasteiger partial charge in [0.1, 0.15) is 11.3 Å². The molecule has 38 heavy (non-hydrogen) atoms. The monoisotopic (exact) mass is 512 g/mol. The fraction of sp³-hybridized carbons (Fsp3) is 0.379. The molecule has 9 heteroatoms. The van der Waals surface area contributed by atoms with Crippen molar-refractivity contribution in [3.8, 4) is 0 Å². The van der Waals surface area contributed by atoms with Gasteiger partial charge in [-0.2, -0.15) is 5.10 Å². The van der Waals surface area contributed by atoms with E-state index in [1.165, 1.54) is 5.56 Å². The van der Waals surface area contributed by atoms with Crippen molar-refractivity contribution in [1.82, 2.24) is 29.5 Å². The molecule has 1 atom stereocenters. The van der Waals surface area contributed by atoms with Crippen molar-refractivity contribution in [3.05, 3.63) is 77.1 Å². The summed E-state index contributed by atoms with van der Waals surface area (Å²) in [5, 5.41) is 10.9. The van der Waals surface area contributed by atoms with E-state index < -0.39 is 0 Å². The van der Waals surface area contributed by atoms with Crippen molar-refractivity contribution in [1.29, 1.82) is 0 Å². The third-order valence-corrected chi connectivity index (χ3v) is 7.20. The van der Waals surface area contributed by atoms with Crippen LogP contribution >= 0.6 is 0 Å². The van der Waals surface area contributed by atoms with E-state index in [4.69, 9.17) is 0 Å². The number of anilines is 2. The summed E-state index contributed by atoms with van der Waals surface area (Å²) in [5.41, 5.74) is 6.26. The molecule has 0 bridgehead atoms. The number of hydrogen-bond acceptors (Lipinski definition) is 7. The molecule has 2 N–H and O–H groups in total. The molecule has 3 heterocycles. The average Bonchev–Trinajstić information content (AvgIpc) is 3.34. The molecule has 0 saturated carbocycles. The molecule has 4 aromatic rings. The first-order chi connectivity index (χ1) is 18.4. The van der Waals surface area contributed by atoms with E-state index in [2.05, 4.69) is 62.5 Å². The minimum atomic E-state index is -0.111. The molecule has 0 aliphatic carbocycles. The van der Waals surface area contributed by atoms with E-state index >= 15 is 0 Å². The summed E-state index contributed by atoms with van der Waals surface area (Å²) in [6, 6.07) is 13.8. The number of nitrogens with one attached hydrogen (secondary N) is 2. The van der Waals surface area contributed by atoms with Gasteiger partial charge < -0.3 is 15.5 Å². The van der Waals surface area contributed by atoms with Crippen molar-refractivity contribution in [2.45, 2.75) is 39.9 Å². The number of fused-ring (bicyclic) bond motifs is 1. The second-order valence-corrected chi connectivity index (χ2v) is 10.1. The van der Waals surface area contributed by atoms with Crippen LogP contribution in [-0.4, -0.2) is 68.7 Å². The van der Waals surface area contributed by atoms with Crippen molar-refractivity contribution >= 4 is 28.6 Å². The molecule has 1 saturated heterocycles. The van der Waals surface area contributed by atoms with Crippen LogP contribution in [0.3, 0.4) is 0 Å². The molecule has 2 aromatic carbocycles. The van der Waals surface area contributed by atoms with Crippen LogP contribution in [0.15, 0.2) is 54.9 Å². The lowest BCUT2D eigenvalue weighted by Crippen LogP contribution is -2.43. The first kappa shape index (κ1) is 25.8. The van der Waals surface area contributed by atoms with Crippen LogP contribution in [0.2, 0.25) is 0 Å². The summed E-state index contributed by atoms with van der Waals surface area (Å²) >= 11 is 0. The summed E-state index contributed by atoms with van der Waals surface area (Å²) in [7, 11) is 2.17. The molecule has 2 aromatic heterocycles. The van der Waals surface area contributed by atoms with Gasteiger partial charge in [0.2, 0.25) is 5.65 Å². The Hall–Kier alpha value is -3.82. The van der Waals surface area contributed by atoms with Gasteiger partial charge in [-0.3, -0.25) is 14.4 Å². The van der Waals surface area contributed by atoms with Gasteiger partial charge in [0.15, 0.2) is 0 Å². The van der Waals surface area contributed by atoms with E-state index in [0.29, 0.717) is 17.0 Å². The number of nitrogens with zero attached hydrogens (tertiary/aromatic N) is 6. The molecule has 198 valence electrons. The number of piperazine rings is 1.